The van der Waals surface area contributed by atoms with Crippen LogP contribution in [-0.2, 0) is 14.3 Å². The number of nitrogens with two attached hydrogens (primary N) is 1. The van der Waals surface area contributed by atoms with Crippen molar-refractivity contribution in [3.63, 3.8) is 0 Å². The largest absolute Gasteiger partial charge is 0.370 e. The number of thioether (sulfide) groups is 1. The Morgan fingerprint density at radius 3 is 3.00 bits per heavy atom. The number of nitrogens with one attached hydrogen (secondary N) is 2. The molecule has 0 aliphatic carbocycles. The van der Waals surface area contributed by atoms with Crippen LogP contribution in [0, 0.1) is 0 Å². The highest BCUT2D eigenvalue weighted by atomic mass is 32.2. The van der Waals surface area contributed by atoms with E-state index in [-0.39, 0.29) is 41.6 Å². The third-order valence-electron chi connectivity index (χ3n) is 5.20. The number of carbonyl (C=O) groups is 2. The number of hydrogen-bond donors (Lipinski definition) is 3. The second kappa shape index (κ2) is 8.42. The molecular formula is C19H24N6O3S. The van der Waals surface area contributed by atoms with Gasteiger partial charge in [0.05, 0.1) is 17.9 Å². The van der Waals surface area contributed by atoms with Crippen molar-refractivity contribution in [3.8, 4) is 0 Å². The van der Waals surface area contributed by atoms with E-state index in [1.54, 1.807) is 0 Å². The maximum Gasteiger partial charge on any atom is 0.246 e. The molecule has 9 nitrogen and oxygen atoms in total. The van der Waals surface area contributed by atoms with E-state index in [0.717, 1.165) is 17.7 Å². The summed E-state index contributed by atoms with van der Waals surface area (Å²) in [6, 6.07) is 7.92. The standard InChI is InChI=1S/C19H24N6O3S/c1-2-15(29-19-22-18(20)23-24-19)17(27)25-8-11(13-5-3-4-6-14(13)25)7-12-9-28-10-16(26)21-12/h3-6,11-12,15H,2,7-10H2,1H3,(H,21,26)(H3,20,22,23,24). The smallest absolute Gasteiger partial charge is 0.246 e. The number of H-pyrrole nitrogens is 1. The molecule has 1 aromatic heterocycles. The molecule has 1 fully saturated rings. The Labute approximate surface area is 172 Å². The first-order valence-electron chi connectivity index (χ1n) is 9.67. The molecule has 29 heavy (non-hydrogen) atoms. The summed E-state index contributed by atoms with van der Waals surface area (Å²) in [6.07, 6.45) is 1.38. The number of para-hydroxylation sites is 1. The predicted octanol–water partition coefficient (Wildman–Crippen LogP) is 1.29. The van der Waals surface area contributed by atoms with Gasteiger partial charge in [-0.3, -0.25) is 9.59 Å². The Bertz CT molecular complexity index is 904. The molecule has 4 N–H and O–H groups in total. The van der Waals surface area contributed by atoms with E-state index in [1.165, 1.54) is 11.8 Å². The van der Waals surface area contributed by atoms with E-state index in [1.807, 2.05) is 30.0 Å². The van der Waals surface area contributed by atoms with Crippen molar-refractivity contribution >= 4 is 35.2 Å². The van der Waals surface area contributed by atoms with Crippen LogP contribution in [0.1, 0.15) is 31.2 Å². The first kappa shape index (κ1) is 19.7. The number of anilines is 2. The third-order valence-corrected chi connectivity index (χ3v) is 6.41. The molecule has 4 rings (SSSR count). The topological polar surface area (TPSA) is 126 Å². The number of benzene rings is 1. The number of amides is 2. The molecule has 1 aromatic carbocycles. The van der Waals surface area contributed by atoms with E-state index in [2.05, 4.69) is 26.6 Å². The molecule has 0 radical (unpaired) electrons. The summed E-state index contributed by atoms with van der Waals surface area (Å²) in [4.78, 5) is 30.9. The van der Waals surface area contributed by atoms with Crippen LogP contribution < -0.4 is 16.0 Å². The monoisotopic (exact) mass is 416 g/mol. The summed E-state index contributed by atoms with van der Waals surface area (Å²) in [5, 5.41) is 9.78. The summed E-state index contributed by atoms with van der Waals surface area (Å²) < 4.78 is 5.37. The fourth-order valence-electron chi connectivity index (χ4n) is 3.90. The number of aromatic amines is 1. The zero-order chi connectivity index (χ0) is 20.4. The van der Waals surface area contributed by atoms with Gasteiger partial charge < -0.3 is 20.7 Å². The second-order valence-electron chi connectivity index (χ2n) is 7.24. The van der Waals surface area contributed by atoms with Gasteiger partial charge in [-0.15, -0.1) is 5.10 Å². The summed E-state index contributed by atoms with van der Waals surface area (Å²) >= 11 is 1.31. The molecule has 154 valence electrons. The highest BCUT2D eigenvalue weighted by molar-refractivity contribution is 8.00. The highest BCUT2D eigenvalue weighted by Crippen LogP contribution is 2.40. The predicted molar refractivity (Wildman–Crippen MR) is 110 cm³/mol. The van der Waals surface area contributed by atoms with Crippen LogP contribution in [0.5, 0.6) is 0 Å². The van der Waals surface area contributed by atoms with E-state index in [4.69, 9.17) is 10.5 Å². The molecule has 10 heteroatoms. The van der Waals surface area contributed by atoms with Crippen molar-refractivity contribution in [3.05, 3.63) is 29.8 Å². The molecule has 1 saturated heterocycles. The van der Waals surface area contributed by atoms with Gasteiger partial charge in [0.25, 0.3) is 0 Å². The van der Waals surface area contributed by atoms with Crippen molar-refractivity contribution in [1.29, 1.82) is 0 Å². The van der Waals surface area contributed by atoms with Crippen molar-refractivity contribution in [1.82, 2.24) is 20.5 Å². The zero-order valence-corrected chi connectivity index (χ0v) is 16.9. The van der Waals surface area contributed by atoms with Crippen LogP contribution in [0.25, 0.3) is 0 Å². The molecule has 0 spiro atoms. The molecule has 2 aliphatic heterocycles. The van der Waals surface area contributed by atoms with Gasteiger partial charge in [0, 0.05) is 18.2 Å². The maximum absolute atomic E-state index is 13.4. The Morgan fingerprint density at radius 2 is 2.28 bits per heavy atom. The molecule has 3 heterocycles. The van der Waals surface area contributed by atoms with E-state index in [0.29, 0.717) is 24.7 Å². The lowest BCUT2D eigenvalue weighted by molar-refractivity contribution is -0.131. The Balaban J connectivity index is 1.51. The molecular weight excluding hydrogens is 392 g/mol. The number of hydrogen-bond acceptors (Lipinski definition) is 7. The lowest BCUT2D eigenvalue weighted by atomic mass is 9.94. The molecule has 0 bridgehead atoms. The van der Waals surface area contributed by atoms with Crippen molar-refractivity contribution < 1.29 is 14.3 Å². The van der Waals surface area contributed by atoms with Crippen LogP contribution >= 0.6 is 11.8 Å². The van der Waals surface area contributed by atoms with Crippen LogP contribution in [-0.4, -0.2) is 58.0 Å². The number of fused-ring (bicyclic) bond motifs is 1. The number of nitrogen functional groups attached to an aromatic ring is 1. The lowest BCUT2D eigenvalue weighted by Gasteiger charge is -2.26. The van der Waals surface area contributed by atoms with Crippen LogP contribution in [0.4, 0.5) is 11.6 Å². The van der Waals surface area contributed by atoms with Crippen molar-refractivity contribution in [2.24, 2.45) is 0 Å². The fraction of sp³-hybridized carbons (Fsp3) is 0.474. The molecule has 2 aromatic rings. The number of rotatable bonds is 6. The average molecular weight is 417 g/mol. The van der Waals surface area contributed by atoms with E-state index >= 15 is 0 Å². The Hall–Kier alpha value is -2.59. The van der Waals surface area contributed by atoms with Crippen molar-refractivity contribution in [2.45, 2.75) is 42.1 Å². The average Bonchev–Trinajstić information content (AvgIpc) is 3.29. The number of aromatic nitrogens is 3. The molecule has 3 atom stereocenters. The molecule has 2 aliphatic rings. The zero-order valence-electron chi connectivity index (χ0n) is 16.1. The quantitative estimate of drug-likeness (QED) is 0.606. The van der Waals surface area contributed by atoms with Gasteiger partial charge in [-0.2, -0.15) is 4.98 Å². The summed E-state index contributed by atoms with van der Waals surface area (Å²) in [5.74, 6) is 0.315. The van der Waals surface area contributed by atoms with Crippen molar-refractivity contribution in [2.75, 3.05) is 30.4 Å². The first-order valence-corrected chi connectivity index (χ1v) is 10.5. The highest BCUT2D eigenvalue weighted by Gasteiger charge is 2.37. The normalized spacial score (nSPS) is 22.2. The minimum atomic E-state index is -0.310. The van der Waals surface area contributed by atoms with Crippen LogP contribution in [0.3, 0.4) is 0 Å². The Kier molecular flexibility index (Phi) is 5.72. The fourth-order valence-corrected chi connectivity index (χ4v) is 4.80. The van der Waals surface area contributed by atoms with Gasteiger partial charge in [-0.05, 0) is 24.5 Å². The Morgan fingerprint density at radius 1 is 1.45 bits per heavy atom. The van der Waals surface area contributed by atoms with Gasteiger partial charge in [0.15, 0.2) is 0 Å². The summed E-state index contributed by atoms with van der Waals surface area (Å²) in [6.45, 7) is 3.17. The minimum Gasteiger partial charge on any atom is -0.370 e. The molecule has 3 unspecified atom stereocenters. The van der Waals surface area contributed by atoms with Gasteiger partial charge in [0.2, 0.25) is 22.9 Å². The van der Waals surface area contributed by atoms with Gasteiger partial charge in [0.1, 0.15) is 6.61 Å². The summed E-state index contributed by atoms with van der Waals surface area (Å²) in [5.41, 5.74) is 7.65. The van der Waals surface area contributed by atoms with E-state index in [9.17, 15) is 9.59 Å². The van der Waals surface area contributed by atoms with Gasteiger partial charge in [-0.25, -0.2) is 5.10 Å². The van der Waals surface area contributed by atoms with Crippen LogP contribution in [0.15, 0.2) is 29.4 Å². The first-order chi connectivity index (χ1) is 14.0. The number of ether oxygens (including phenoxy) is 1. The summed E-state index contributed by atoms with van der Waals surface area (Å²) in [7, 11) is 0. The lowest BCUT2D eigenvalue weighted by Crippen LogP contribution is -2.46. The maximum atomic E-state index is 13.4. The van der Waals surface area contributed by atoms with E-state index < -0.39 is 0 Å². The number of carbonyl (C=O) groups excluding carboxylic acids is 2. The number of morpholine rings is 1. The third kappa shape index (κ3) is 4.23. The minimum absolute atomic E-state index is 0.0275. The molecule has 0 saturated carbocycles. The SMILES string of the molecule is CCC(Sc1n[nH]c(N)n1)C(=O)N1CC(CC2COCC(=O)N2)c2ccccc21. The van der Waals surface area contributed by atoms with Gasteiger partial charge >= 0.3 is 0 Å². The molecule has 2 amide bonds. The van der Waals surface area contributed by atoms with Gasteiger partial charge in [-0.1, -0.05) is 36.9 Å². The van der Waals surface area contributed by atoms with Crippen LogP contribution in [0.2, 0.25) is 0 Å². The second-order valence-corrected chi connectivity index (χ2v) is 8.41. The number of nitrogens with zero attached hydrogens (tertiary/aromatic N) is 3.